The molecule has 0 unspecified atom stereocenters. The molecule has 0 fully saturated rings. The number of benzene rings is 3. The molecule has 0 atom stereocenters. The maximum absolute atomic E-state index is 13.5. The number of nitrogens with zero attached hydrogens (tertiary/aromatic N) is 3. The lowest BCUT2D eigenvalue weighted by atomic mass is 10.1. The van der Waals surface area contributed by atoms with Gasteiger partial charge in [-0.1, -0.05) is 18.2 Å². The molecular formula is C27H28N6O3. The zero-order chi connectivity index (χ0) is 25.7. The van der Waals surface area contributed by atoms with Crippen LogP contribution in [-0.4, -0.2) is 40.9 Å². The number of methoxy groups -OCH3 is 1. The molecule has 1 amide bonds. The molecule has 0 aliphatic heterocycles. The number of nitrogens with two attached hydrogens (primary N) is 1. The molecule has 0 aliphatic rings. The number of imidazole rings is 1. The molecule has 0 radical (unpaired) electrons. The molecule has 184 valence electrons. The minimum Gasteiger partial charge on any atom is -0.469 e. The molecule has 0 aliphatic carbocycles. The monoisotopic (exact) mass is 484 g/mol. The van der Waals surface area contributed by atoms with Crippen LogP contribution in [0, 0.1) is 5.41 Å². The molecule has 36 heavy (non-hydrogen) atoms. The van der Waals surface area contributed by atoms with Crippen LogP contribution < -0.4 is 16.0 Å². The van der Waals surface area contributed by atoms with Crippen molar-refractivity contribution in [1.29, 1.82) is 5.41 Å². The quantitative estimate of drug-likeness (QED) is 0.189. The fourth-order valence-electron chi connectivity index (χ4n) is 3.91. The van der Waals surface area contributed by atoms with E-state index in [9.17, 15) is 9.59 Å². The van der Waals surface area contributed by atoms with Crippen LogP contribution in [0.1, 0.15) is 28.2 Å². The summed E-state index contributed by atoms with van der Waals surface area (Å²) in [4.78, 5) is 31.5. The van der Waals surface area contributed by atoms with Gasteiger partial charge in [-0.2, -0.15) is 0 Å². The van der Waals surface area contributed by atoms with Crippen molar-refractivity contribution in [2.75, 3.05) is 23.9 Å². The third kappa shape index (κ3) is 5.35. The van der Waals surface area contributed by atoms with Crippen LogP contribution in [0.3, 0.4) is 0 Å². The molecule has 4 aromatic rings. The summed E-state index contributed by atoms with van der Waals surface area (Å²) in [7, 11) is 3.26. The van der Waals surface area contributed by atoms with Crippen molar-refractivity contribution >= 4 is 40.1 Å². The first-order chi connectivity index (χ1) is 17.4. The number of aryl methyl sites for hydroxylation is 1. The smallest absolute Gasteiger partial charge is 0.307 e. The van der Waals surface area contributed by atoms with E-state index in [2.05, 4.69) is 5.32 Å². The van der Waals surface area contributed by atoms with E-state index in [1.807, 2.05) is 60.1 Å². The number of fused-ring (bicyclic) bond motifs is 1. The van der Waals surface area contributed by atoms with Gasteiger partial charge in [0.05, 0.1) is 31.1 Å². The molecule has 0 saturated carbocycles. The minimum absolute atomic E-state index is 0.0263. The van der Waals surface area contributed by atoms with Crippen LogP contribution in [0.5, 0.6) is 0 Å². The van der Waals surface area contributed by atoms with Crippen molar-refractivity contribution in [2.45, 2.75) is 13.0 Å². The van der Waals surface area contributed by atoms with Crippen LogP contribution in [0.25, 0.3) is 11.0 Å². The number of para-hydroxylation sites is 1. The summed E-state index contributed by atoms with van der Waals surface area (Å²) >= 11 is 0. The van der Waals surface area contributed by atoms with Crippen LogP contribution in [0.15, 0.2) is 72.8 Å². The molecule has 4 N–H and O–H groups in total. The number of amides is 1. The predicted molar refractivity (Wildman–Crippen MR) is 140 cm³/mol. The summed E-state index contributed by atoms with van der Waals surface area (Å²) in [6.45, 7) is 0.677. The highest BCUT2D eigenvalue weighted by Gasteiger charge is 2.20. The van der Waals surface area contributed by atoms with Gasteiger partial charge in [0, 0.05) is 36.1 Å². The Morgan fingerprint density at radius 1 is 1.06 bits per heavy atom. The van der Waals surface area contributed by atoms with Gasteiger partial charge < -0.3 is 25.3 Å². The van der Waals surface area contributed by atoms with E-state index >= 15 is 0 Å². The number of nitrogens with one attached hydrogen (secondary N) is 2. The Morgan fingerprint density at radius 3 is 2.42 bits per heavy atom. The van der Waals surface area contributed by atoms with Crippen molar-refractivity contribution in [3.63, 3.8) is 0 Å². The van der Waals surface area contributed by atoms with E-state index in [4.69, 9.17) is 20.9 Å². The molecule has 0 bridgehead atoms. The highest BCUT2D eigenvalue weighted by molar-refractivity contribution is 6.07. The molecule has 4 rings (SSSR count). The van der Waals surface area contributed by atoms with E-state index in [0.717, 1.165) is 17.0 Å². The van der Waals surface area contributed by atoms with Gasteiger partial charge in [-0.05, 0) is 54.6 Å². The average molecular weight is 485 g/mol. The van der Waals surface area contributed by atoms with Crippen molar-refractivity contribution in [1.82, 2.24) is 9.55 Å². The number of aromatic nitrogens is 2. The molecule has 0 spiro atoms. The standard InChI is InChI=1S/C27H28N6O3/c1-32-23-13-10-19(27(35)33(15-14-25(34)36-2)21-6-4-3-5-7-21)16-22(23)31-24(32)17-30-20-11-8-18(9-12-20)26(28)29/h3-13,16,30H,14-15,17H2,1-2H3,(H3,28,29). The second-order valence-electron chi connectivity index (χ2n) is 8.25. The lowest BCUT2D eigenvalue weighted by Gasteiger charge is -2.22. The second-order valence-corrected chi connectivity index (χ2v) is 8.25. The van der Waals surface area contributed by atoms with E-state index in [-0.39, 0.29) is 30.7 Å². The molecular weight excluding hydrogens is 456 g/mol. The highest BCUT2D eigenvalue weighted by atomic mass is 16.5. The Labute approximate surface area is 209 Å². The van der Waals surface area contributed by atoms with Crippen molar-refractivity contribution in [3.8, 4) is 0 Å². The van der Waals surface area contributed by atoms with Crippen molar-refractivity contribution in [2.24, 2.45) is 12.8 Å². The SMILES string of the molecule is COC(=O)CCN(C(=O)c1ccc2c(c1)nc(CNc1ccc(C(=N)N)cc1)n2C)c1ccccc1. The van der Waals surface area contributed by atoms with E-state index in [0.29, 0.717) is 28.9 Å². The van der Waals surface area contributed by atoms with Crippen LogP contribution in [-0.2, 0) is 23.1 Å². The molecule has 1 heterocycles. The van der Waals surface area contributed by atoms with E-state index in [1.54, 1.807) is 29.2 Å². The number of carbonyl (C=O) groups is 2. The summed E-state index contributed by atoms with van der Waals surface area (Å²) in [5.41, 5.74) is 9.84. The van der Waals surface area contributed by atoms with E-state index in [1.165, 1.54) is 7.11 Å². The van der Waals surface area contributed by atoms with Crippen LogP contribution >= 0.6 is 0 Å². The Kier molecular flexibility index (Phi) is 7.29. The van der Waals surface area contributed by atoms with Crippen molar-refractivity contribution < 1.29 is 14.3 Å². The van der Waals surface area contributed by atoms with Gasteiger partial charge in [0.15, 0.2) is 0 Å². The maximum Gasteiger partial charge on any atom is 0.307 e. The number of rotatable bonds is 9. The Bertz CT molecular complexity index is 1400. The maximum atomic E-state index is 13.5. The Balaban J connectivity index is 1.55. The van der Waals surface area contributed by atoms with Crippen molar-refractivity contribution in [3.05, 3.63) is 89.7 Å². The first kappa shape index (κ1) is 24.5. The molecule has 9 heteroatoms. The molecule has 1 aromatic heterocycles. The number of carbonyl (C=O) groups excluding carboxylic acids is 2. The topological polar surface area (TPSA) is 126 Å². The van der Waals surface area contributed by atoms with Gasteiger partial charge in [0.2, 0.25) is 0 Å². The van der Waals surface area contributed by atoms with Gasteiger partial charge in [0.25, 0.3) is 5.91 Å². The number of esters is 1. The predicted octanol–water partition coefficient (Wildman–Crippen LogP) is 3.68. The summed E-state index contributed by atoms with van der Waals surface area (Å²) in [6, 6.07) is 22.0. The summed E-state index contributed by atoms with van der Waals surface area (Å²) in [5, 5.41) is 10.8. The first-order valence-electron chi connectivity index (χ1n) is 11.4. The number of nitrogen functional groups attached to an aromatic ring is 1. The number of anilines is 2. The fourth-order valence-corrected chi connectivity index (χ4v) is 3.91. The van der Waals surface area contributed by atoms with Gasteiger partial charge in [-0.25, -0.2) is 4.98 Å². The van der Waals surface area contributed by atoms with Crippen LogP contribution in [0.4, 0.5) is 11.4 Å². The lowest BCUT2D eigenvalue weighted by Crippen LogP contribution is -2.33. The number of ether oxygens (including phenoxy) is 1. The minimum atomic E-state index is -0.378. The third-order valence-corrected chi connectivity index (χ3v) is 5.95. The van der Waals surface area contributed by atoms with Crippen LogP contribution in [0.2, 0.25) is 0 Å². The van der Waals surface area contributed by atoms with Gasteiger partial charge in [-0.3, -0.25) is 15.0 Å². The van der Waals surface area contributed by atoms with Gasteiger partial charge in [0.1, 0.15) is 11.7 Å². The van der Waals surface area contributed by atoms with Gasteiger partial charge >= 0.3 is 5.97 Å². The molecule has 3 aromatic carbocycles. The normalized spacial score (nSPS) is 10.7. The van der Waals surface area contributed by atoms with Gasteiger partial charge in [-0.15, -0.1) is 0 Å². The lowest BCUT2D eigenvalue weighted by molar-refractivity contribution is -0.140. The zero-order valence-corrected chi connectivity index (χ0v) is 20.2. The first-order valence-corrected chi connectivity index (χ1v) is 11.4. The summed E-state index contributed by atoms with van der Waals surface area (Å²) in [5.74, 6) is 0.231. The zero-order valence-electron chi connectivity index (χ0n) is 20.2. The largest absolute Gasteiger partial charge is 0.469 e. The molecule has 0 saturated heterocycles. The number of hydrogen-bond acceptors (Lipinski definition) is 6. The fraction of sp³-hybridized carbons (Fsp3) is 0.185. The number of amidine groups is 1. The number of hydrogen-bond donors (Lipinski definition) is 3. The Hall–Kier alpha value is -4.66. The average Bonchev–Trinajstić information content (AvgIpc) is 3.22. The third-order valence-electron chi connectivity index (χ3n) is 5.95. The molecule has 9 nitrogen and oxygen atoms in total. The van der Waals surface area contributed by atoms with E-state index < -0.39 is 0 Å². The summed E-state index contributed by atoms with van der Waals surface area (Å²) < 4.78 is 6.74. The summed E-state index contributed by atoms with van der Waals surface area (Å²) in [6.07, 6.45) is 0.0895. The second kappa shape index (κ2) is 10.7. The highest BCUT2D eigenvalue weighted by Crippen LogP contribution is 2.22. The Morgan fingerprint density at radius 2 is 1.75 bits per heavy atom.